The Morgan fingerprint density at radius 3 is 2.61 bits per heavy atom. The second kappa shape index (κ2) is 6.49. The molecular weight excluding hydrogens is 350 g/mol. The molecule has 0 saturated heterocycles. The summed E-state index contributed by atoms with van der Waals surface area (Å²) in [7, 11) is 0. The summed E-state index contributed by atoms with van der Waals surface area (Å²) in [5, 5.41) is 13.0. The zero-order valence-corrected chi connectivity index (χ0v) is 15.5. The molecule has 0 aliphatic carbocycles. The van der Waals surface area contributed by atoms with Gasteiger partial charge in [-0.25, -0.2) is 4.68 Å². The first-order valence-corrected chi connectivity index (χ1v) is 9.29. The molecule has 6 nitrogen and oxygen atoms in total. The molecule has 0 saturated carbocycles. The molecule has 0 amide bonds. The molecule has 3 heterocycles. The van der Waals surface area contributed by atoms with E-state index in [0.29, 0.717) is 17.7 Å². The van der Waals surface area contributed by atoms with Crippen LogP contribution < -0.4 is 10.9 Å². The van der Waals surface area contributed by atoms with Gasteiger partial charge in [0.05, 0.1) is 28.5 Å². The molecule has 4 aromatic rings. The van der Waals surface area contributed by atoms with E-state index in [-0.39, 0.29) is 5.56 Å². The quantitative estimate of drug-likeness (QED) is 0.588. The summed E-state index contributed by atoms with van der Waals surface area (Å²) in [6.45, 7) is 2.76. The van der Waals surface area contributed by atoms with E-state index < -0.39 is 0 Å². The van der Waals surface area contributed by atoms with Crippen molar-refractivity contribution in [3.63, 3.8) is 0 Å². The number of hydrogen-bond acceptors (Lipinski definition) is 4. The summed E-state index contributed by atoms with van der Waals surface area (Å²) in [6.07, 6.45) is 2.36. The highest BCUT2D eigenvalue weighted by molar-refractivity contribution is 6.01. The number of aromatic nitrogens is 3. The maximum absolute atomic E-state index is 13.2. The fourth-order valence-electron chi connectivity index (χ4n) is 3.50. The van der Waals surface area contributed by atoms with E-state index in [2.05, 4.69) is 41.6 Å². The molecule has 1 N–H and O–H groups in total. The maximum atomic E-state index is 13.2. The van der Waals surface area contributed by atoms with Gasteiger partial charge in [-0.05, 0) is 24.6 Å². The molecule has 0 fully saturated rings. The second-order valence-electron chi connectivity index (χ2n) is 6.93. The minimum absolute atomic E-state index is 0.173. The summed E-state index contributed by atoms with van der Waals surface area (Å²) >= 11 is 0. The van der Waals surface area contributed by atoms with Gasteiger partial charge in [0.2, 0.25) is 0 Å². The van der Waals surface area contributed by atoms with E-state index >= 15 is 0 Å². The van der Waals surface area contributed by atoms with Gasteiger partial charge in [0.15, 0.2) is 0 Å². The molecule has 0 radical (unpaired) electrons. The Labute approximate surface area is 161 Å². The molecule has 2 aromatic heterocycles. The summed E-state index contributed by atoms with van der Waals surface area (Å²) in [6, 6.07) is 20.0. The van der Waals surface area contributed by atoms with Crippen LogP contribution in [0.3, 0.4) is 0 Å². The van der Waals surface area contributed by atoms with E-state index in [4.69, 9.17) is 5.10 Å². The van der Waals surface area contributed by atoms with Crippen molar-refractivity contribution in [1.82, 2.24) is 14.5 Å². The molecule has 1 aliphatic heterocycles. The van der Waals surface area contributed by atoms with E-state index in [1.807, 2.05) is 36.4 Å². The van der Waals surface area contributed by atoms with E-state index in [0.717, 1.165) is 28.9 Å². The van der Waals surface area contributed by atoms with Crippen LogP contribution in [0.25, 0.3) is 16.6 Å². The number of benzene rings is 2. The molecule has 138 valence electrons. The Morgan fingerprint density at radius 1 is 1.04 bits per heavy atom. The van der Waals surface area contributed by atoms with Crippen molar-refractivity contribution < 1.29 is 0 Å². The van der Waals surface area contributed by atoms with Crippen LogP contribution >= 0.6 is 0 Å². The zero-order chi connectivity index (χ0) is 19.1. The van der Waals surface area contributed by atoms with Gasteiger partial charge < -0.3 is 5.32 Å². The van der Waals surface area contributed by atoms with Gasteiger partial charge in [-0.3, -0.25) is 4.79 Å². The van der Waals surface area contributed by atoms with Gasteiger partial charge in [0, 0.05) is 19.0 Å². The largest absolute Gasteiger partial charge is 0.369 e. The molecule has 0 unspecified atom stereocenters. The summed E-state index contributed by atoms with van der Waals surface area (Å²) < 4.78 is 3.25. The number of nitrogens with one attached hydrogen (secondary N) is 1. The van der Waals surface area contributed by atoms with E-state index in [1.54, 1.807) is 10.9 Å². The van der Waals surface area contributed by atoms with Crippen LogP contribution in [-0.4, -0.2) is 26.7 Å². The molecular formula is C22H19N5O. The summed E-state index contributed by atoms with van der Waals surface area (Å²) in [4.78, 5) is 13.2. The number of nitrogens with zero attached hydrogens (tertiary/aromatic N) is 4. The topological polar surface area (TPSA) is 64.2 Å². The molecule has 1 aliphatic rings. The van der Waals surface area contributed by atoms with Crippen LogP contribution in [0, 0.1) is 6.92 Å². The molecule has 0 bridgehead atoms. The lowest BCUT2D eigenvalue weighted by Crippen LogP contribution is -2.19. The van der Waals surface area contributed by atoms with Gasteiger partial charge in [0.25, 0.3) is 5.56 Å². The normalized spacial score (nSPS) is 13.5. The lowest BCUT2D eigenvalue weighted by molar-refractivity contribution is 0.849. The highest BCUT2D eigenvalue weighted by Gasteiger charge is 2.17. The van der Waals surface area contributed by atoms with Crippen LogP contribution in [0.1, 0.15) is 17.5 Å². The number of hydrogen-bond donors (Lipinski definition) is 1. The van der Waals surface area contributed by atoms with Gasteiger partial charge >= 0.3 is 0 Å². The molecule has 0 atom stereocenters. The first kappa shape index (κ1) is 16.5. The minimum Gasteiger partial charge on any atom is -0.369 e. The minimum atomic E-state index is -0.173. The molecule has 0 spiro atoms. The van der Waals surface area contributed by atoms with Crippen molar-refractivity contribution in [3.05, 3.63) is 88.3 Å². The van der Waals surface area contributed by atoms with E-state index in [9.17, 15) is 4.79 Å². The van der Waals surface area contributed by atoms with Gasteiger partial charge in [-0.1, -0.05) is 48.0 Å². The van der Waals surface area contributed by atoms with Gasteiger partial charge in [0.1, 0.15) is 5.82 Å². The third-order valence-corrected chi connectivity index (χ3v) is 5.01. The molecule has 2 aromatic carbocycles. The molecule has 5 rings (SSSR count). The van der Waals surface area contributed by atoms with Crippen LogP contribution in [0.2, 0.25) is 0 Å². The highest BCUT2D eigenvalue weighted by atomic mass is 16.1. The Hall–Kier alpha value is -3.67. The smallest absolute Gasteiger partial charge is 0.283 e. The fraction of sp³-hybridized carbons (Fsp3) is 0.136. The Kier molecular flexibility index (Phi) is 3.83. The average molecular weight is 369 g/mol. The average Bonchev–Trinajstić information content (AvgIpc) is 3.02. The number of para-hydroxylation sites is 1. The second-order valence-corrected chi connectivity index (χ2v) is 6.93. The third kappa shape index (κ3) is 2.70. The SMILES string of the molecule is Cc1ccc(C2=Nn3c(cc4c(cnn4-c4ccccc4)c3=O)NCC2)cc1. The van der Waals surface area contributed by atoms with Crippen molar-refractivity contribution >= 4 is 22.4 Å². The van der Waals surface area contributed by atoms with Crippen LogP contribution in [0.4, 0.5) is 5.82 Å². The highest BCUT2D eigenvalue weighted by Crippen LogP contribution is 2.21. The Morgan fingerprint density at radius 2 is 1.82 bits per heavy atom. The third-order valence-electron chi connectivity index (χ3n) is 5.01. The number of rotatable bonds is 2. The lowest BCUT2D eigenvalue weighted by Gasteiger charge is -2.09. The predicted molar refractivity (Wildman–Crippen MR) is 112 cm³/mol. The van der Waals surface area contributed by atoms with Crippen LogP contribution in [-0.2, 0) is 0 Å². The zero-order valence-electron chi connectivity index (χ0n) is 15.5. The monoisotopic (exact) mass is 369 g/mol. The standard InChI is InChI=1S/C22H19N5O/c1-15-7-9-16(10-8-15)19-11-12-23-21-13-20-18(22(28)27(21)25-19)14-24-26(20)17-5-3-2-4-6-17/h2-10,13-14,23H,11-12H2,1H3. The van der Waals surface area contributed by atoms with Crippen molar-refractivity contribution in [2.45, 2.75) is 13.3 Å². The lowest BCUT2D eigenvalue weighted by atomic mass is 10.1. The van der Waals surface area contributed by atoms with Crippen LogP contribution in [0.15, 0.2) is 76.8 Å². The number of anilines is 1. The Balaban J connectivity index is 1.69. The first-order valence-electron chi connectivity index (χ1n) is 9.29. The Bertz CT molecular complexity index is 1250. The van der Waals surface area contributed by atoms with E-state index in [1.165, 1.54) is 10.2 Å². The summed E-state index contributed by atoms with van der Waals surface area (Å²) in [5.41, 5.74) is 4.64. The van der Waals surface area contributed by atoms with Crippen LogP contribution in [0.5, 0.6) is 0 Å². The van der Waals surface area contributed by atoms with Gasteiger partial charge in [-0.2, -0.15) is 14.9 Å². The van der Waals surface area contributed by atoms with Crippen molar-refractivity contribution in [3.8, 4) is 5.69 Å². The fourth-order valence-corrected chi connectivity index (χ4v) is 3.50. The molecule has 6 heteroatoms. The number of pyridine rings is 1. The summed E-state index contributed by atoms with van der Waals surface area (Å²) in [5.74, 6) is 0.678. The number of aryl methyl sites for hydroxylation is 1. The van der Waals surface area contributed by atoms with Crippen molar-refractivity contribution in [1.29, 1.82) is 0 Å². The predicted octanol–water partition coefficient (Wildman–Crippen LogP) is 3.56. The van der Waals surface area contributed by atoms with Gasteiger partial charge in [-0.15, -0.1) is 0 Å². The first-order chi connectivity index (χ1) is 13.7. The van der Waals surface area contributed by atoms with Crippen molar-refractivity contribution in [2.24, 2.45) is 5.10 Å². The molecule has 28 heavy (non-hydrogen) atoms. The maximum Gasteiger partial charge on any atom is 0.283 e. The number of fused-ring (bicyclic) bond motifs is 2. The van der Waals surface area contributed by atoms with Crippen molar-refractivity contribution in [2.75, 3.05) is 11.9 Å².